The lowest BCUT2D eigenvalue weighted by molar-refractivity contribution is -0.143. The number of rotatable bonds is 9. The Labute approximate surface area is 168 Å². The number of sulfone groups is 1. The molecule has 0 saturated heterocycles. The maximum Gasteiger partial charge on any atom is 0.306 e. The topological polar surface area (TPSA) is 60.4 Å². The number of hydrogen-bond donors (Lipinski definition) is 0. The molecule has 152 valence electrons. The van der Waals surface area contributed by atoms with E-state index in [2.05, 4.69) is 30.3 Å². The number of carbonyl (C=O) groups excluding carboxylic acids is 1. The summed E-state index contributed by atoms with van der Waals surface area (Å²) in [5, 5.41) is 2.47. The van der Waals surface area contributed by atoms with Gasteiger partial charge in [0.2, 0.25) is 0 Å². The van der Waals surface area contributed by atoms with E-state index in [-0.39, 0.29) is 23.9 Å². The summed E-state index contributed by atoms with van der Waals surface area (Å²) in [5.41, 5.74) is 0.857. The van der Waals surface area contributed by atoms with Gasteiger partial charge in [-0.15, -0.1) is 0 Å². The van der Waals surface area contributed by atoms with Crippen molar-refractivity contribution in [1.82, 2.24) is 0 Å². The molecule has 0 N–H and O–H groups in total. The summed E-state index contributed by atoms with van der Waals surface area (Å²) < 4.78 is 30.3. The second-order valence-corrected chi connectivity index (χ2v) is 10.3. The highest BCUT2D eigenvalue weighted by Crippen LogP contribution is 2.42. The first-order chi connectivity index (χ1) is 13.4. The highest BCUT2D eigenvalue weighted by molar-refractivity contribution is 7.91. The second kappa shape index (κ2) is 9.08. The molecule has 1 aliphatic carbocycles. The van der Waals surface area contributed by atoms with E-state index in [1.165, 1.54) is 23.4 Å². The molecule has 0 radical (unpaired) electrons. The minimum atomic E-state index is -3.18. The van der Waals surface area contributed by atoms with Gasteiger partial charge in [-0.05, 0) is 53.9 Å². The number of fused-ring (bicyclic) bond motifs is 1. The lowest BCUT2D eigenvalue weighted by Gasteiger charge is -2.27. The molecule has 0 heterocycles. The smallest absolute Gasteiger partial charge is 0.306 e. The van der Waals surface area contributed by atoms with Crippen LogP contribution in [0, 0.1) is 5.41 Å². The van der Waals surface area contributed by atoms with Crippen molar-refractivity contribution in [2.24, 2.45) is 5.41 Å². The average Bonchev–Trinajstić information content (AvgIpc) is 3.12. The highest BCUT2D eigenvalue weighted by Gasteiger charge is 2.40. The summed E-state index contributed by atoms with van der Waals surface area (Å²) in [6.45, 7) is 0. The molecule has 0 amide bonds. The third-order valence-corrected chi connectivity index (χ3v) is 7.93. The molecule has 28 heavy (non-hydrogen) atoms. The number of methoxy groups -OCH3 is 1. The van der Waals surface area contributed by atoms with Crippen LogP contribution in [0.2, 0.25) is 0 Å². The first-order valence-electron chi connectivity index (χ1n) is 10.2. The second-order valence-electron chi connectivity index (χ2n) is 8.15. The Morgan fingerprint density at radius 1 is 1.04 bits per heavy atom. The zero-order valence-electron chi connectivity index (χ0n) is 16.7. The monoisotopic (exact) mass is 402 g/mol. The molecule has 0 unspecified atom stereocenters. The summed E-state index contributed by atoms with van der Waals surface area (Å²) >= 11 is 0. The predicted molar refractivity (Wildman–Crippen MR) is 113 cm³/mol. The van der Waals surface area contributed by atoms with E-state index in [1.54, 1.807) is 0 Å². The molecule has 2 aromatic rings. The Morgan fingerprint density at radius 3 is 2.50 bits per heavy atom. The van der Waals surface area contributed by atoms with Crippen LogP contribution in [0.4, 0.5) is 0 Å². The van der Waals surface area contributed by atoms with Crippen molar-refractivity contribution in [1.29, 1.82) is 0 Å². The van der Waals surface area contributed by atoms with Gasteiger partial charge in [-0.2, -0.15) is 0 Å². The molecule has 3 rings (SSSR count). The summed E-state index contributed by atoms with van der Waals surface area (Å²) in [4.78, 5) is 11.8. The first kappa shape index (κ1) is 20.8. The van der Waals surface area contributed by atoms with Crippen LogP contribution in [-0.2, 0) is 25.8 Å². The summed E-state index contributed by atoms with van der Waals surface area (Å²) in [5.74, 6) is 0.0115. The van der Waals surface area contributed by atoms with E-state index in [0.29, 0.717) is 6.42 Å². The molecule has 0 atom stereocenters. The lowest BCUT2D eigenvalue weighted by atomic mass is 9.85. The maximum atomic E-state index is 12.7. The fourth-order valence-corrected chi connectivity index (χ4v) is 6.67. The fourth-order valence-electron chi connectivity index (χ4n) is 4.56. The number of unbranched alkanes of at least 4 members (excludes halogenated alkanes) is 1. The first-order valence-corrected chi connectivity index (χ1v) is 12.0. The molecule has 2 aromatic carbocycles. The van der Waals surface area contributed by atoms with Crippen molar-refractivity contribution in [3.8, 4) is 0 Å². The highest BCUT2D eigenvalue weighted by atomic mass is 32.2. The van der Waals surface area contributed by atoms with Crippen LogP contribution in [0.1, 0.15) is 50.5 Å². The van der Waals surface area contributed by atoms with Crippen LogP contribution >= 0.6 is 0 Å². The largest absolute Gasteiger partial charge is 0.469 e. The van der Waals surface area contributed by atoms with E-state index >= 15 is 0 Å². The standard InChI is InChI=1S/C23H30O4S/c1-27-22(24)17-23(14-5-6-15-23)18-28(25,26)16-7-4-10-20-12-8-11-19-9-2-3-13-21(19)20/h2-3,8-9,11-13H,4-7,10,14-18H2,1H3. The van der Waals surface area contributed by atoms with Gasteiger partial charge in [-0.3, -0.25) is 4.79 Å². The lowest BCUT2D eigenvalue weighted by Crippen LogP contribution is -2.31. The Balaban J connectivity index is 1.55. The normalized spacial score (nSPS) is 16.3. The quantitative estimate of drug-likeness (QED) is 0.450. The van der Waals surface area contributed by atoms with E-state index < -0.39 is 15.3 Å². The molecule has 0 bridgehead atoms. The Kier molecular flexibility index (Phi) is 6.76. The van der Waals surface area contributed by atoms with Crippen LogP contribution < -0.4 is 0 Å². The summed E-state index contributed by atoms with van der Waals surface area (Å²) in [7, 11) is -1.81. The van der Waals surface area contributed by atoms with Crippen molar-refractivity contribution >= 4 is 26.6 Å². The number of benzene rings is 2. The van der Waals surface area contributed by atoms with E-state index in [0.717, 1.165) is 38.5 Å². The van der Waals surface area contributed by atoms with Crippen molar-refractivity contribution in [2.75, 3.05) is 18.6 Å². The van der Waals surface area contributed by atoms with Crippen LogP contribution in [0.25, 0.3) is 10.8 Å². The van der Waals surface area contributed by atoms with Crippen molar-refractivity contribution in [3.05, 3.63) is 48.0 Å². The van der Waals surface area contributed by atoms with E-state index in [1.807, 2.05) is 12.1 Å². The number of aryl methyl sites for hydroxylation is 1. The van der Waals surface area contributed by atoms with Gasteiger partial charge in [0, 0.05) is 0 Å². The van der Waals surface area contributed by atoms with Gasteiger partial charge in [0.15, 0.2) is 9.84 Å². The van der Waals surface area contributed by atoms with Crippen molar-refractivity contribution in [3.63, 3.8) is 0 Å². The molecule has 4 nitrogen and oxygen atoms in total. The third-order valence-electron chi connectivity index (χ3n) is 5.97. The van der Waals surface area contributed by atoms with Gasteiger partial charge in [0.05, 0.1) is 25.0 Å². The zero-order valence-corrected chi connectivity index (χ0v) is 17.5. The third kappa shape index (κ3) is 5.34. The molecule has 1 aliphatic rings. The van der Waals surface area contributed by atoms with Gasteiger partial charge in [0.1, 0.15) is 0 Å². The van der Waals surface area contributed by atoms with E-state index in [9.17, 15) is 13.2 Å². The van der Waals surface area contributed by atoms with Gasteiger partial charge in [0.25, 0.3) is 0 Å². The maximum absolute atomic E-state index is 12.7. The Hall–Kier alpha value is -1.88. The molecular formula is C23H30O4S. The SMILES string of the molecule is COC(=O)CC1(CS(=O)(=O)CCCCc2cccc3ccccc23)CCCC1. The molecule has 0 aromatic heterocycles. The predicted octanol–water partition coefficient (Wildman–Crippen LogP) is 4.70. The molecular weight excluding hydrogens is 372 g/mol. The summed E-state index contributed by atoms with van der Waals surface area (Å²) in [6, 6.07) is 14.6. The summed E-state index contributed by atoms with van der Waals surface area (Å²) in [6.07, 6.45) is 6.19. The number of hydrogen-bond acceptors (Lipinski definition) is 4. The minimum absolute atomic E-state index is 0.114. The molecule has 0 spiro atoms. The van der Waals surface area contributed by atoms with Crippen molar-refractivity contribution < 1.29 is 17.9 Å². The van der Waals surface area contributed by atoms with Gasteiger partial charge < -0.3 is 4.74 Å². The fraction of sp³-hybridized carbons (Fsp3) is 0.522. The molecule has 1 fully saturated rings. The Bertz CT molecular complexity index is 906. The molecule has 1 saturated carbocycles. The zero-order chi connectivity index (χ0) is 20.0. The van der Waals surface area contributed by atoms with Crippen LogP contribution in [0.5, 0.6) is 0 Å². The average molecular weight is 403 g/mol. The van der Waals surface area contributed by atoms with Gasteiger partial charge >= 0.3 is 5.97 Å². The molecule has 0 aliphatic heterocycles. The van der Waals surface area contributed by atoms with Crippen LogP contribution in [-0.4, -0.2) is 33.0 Å². The Morgan fingerprint density at radius 2 is 1.75 bits per heavy atom. The van der Waals surface area contributed by atoms with Crippen LogP contribution in [0.3, 0.4) is 0 Å². The number of esters is 1. The van der Waals surface area contributed by atoms with Gasteiger partial charge in [-0.1, -0.05) is 55.3 Å². The van der Waals surface area contributed by atoms with Gasteiger partial charge in [-0.25, -0.2) is 8.42 Å². The van der Waals surface area contributed by atoms with E-state index in [4.69, 9.17) is 4.74 Å². The van der Waals surface area contributed by atoms with Crippen LogP contribution in [0.15, 0.2) is 42.5 Å². The number of carbonyl (C=O) groups is 1. The minimum Gasteiger partial charge on any atom is -0.469 e. The number of ether oxygens (including phenoxy) is 1. The molecule has 5 heteroatoms. The van der Waals surface area contributed by atoms with Crippen molar-refractivity contribution in [2.45, 2.75) is 51.4 Å².